The fourth-order valence-electron chi connectivity index (χ4n) is 1.96. The number of aromatic hydroxyl groups is 1. The number of anilines is 2. The molecule has 6 nitrogen and oxygen atoms in total. The molecule has 1 unspecified atom stereocenters. The molecule has 1 atom stereocenters. The Morgan fingerprint density at radius 3 is 2.56 bits per heavy atom. The van der Waals surface area contributed by atoms with Gasteiger partial charge in [-0.3, -0.25) is 14.4 Å². The fraction of sp³-hybridized carbons (Fsp3) is 0.167. The number of aldehydes is 1. The number of nitrogens with one attached hydrogen (secondary N) is 2. The number of phenolic OH excluding ortho intramolecular Hbond substituents is 1. The van der Waals surface area contributed by atoms with Gasteiger partial charge >= 0.3 is 0 Å². The Morgan fingerprint density at radius 1 is 1.16 bits per heavy atom. The first kappa shape index (κ1) is 18.5. The molecular weight excluding hydrogens is 340 g/mol. The van der Waals surface area contributed by atoms with Crippen LogP contribution in [-0.2, 0) is 9.59 Å². The van der Waals surface area contributed by atoms with E-state index in [2.05, 4.69) is 10.6 Å². The Labute approximate surface area is 149 Å². The van der Waals surface area contributed by atoms with E-state index in [1.807, 2.05) is 18.2 Å². The second-order valence-electron chi connectivity index (χ2n) is 5.25. The molecule has 0 aliphatic heterocycles. The van der Waals surface area contributed by atoms with Gasteiger partial charge in [0.1, 0.15) is 12.0 Å². The van der Waals surface area contributed by atoms with Gasteiger partial charge in [-0.05, 0) is 37.3 Å². The lowest BCUT2D eigenvalue weighted by Gasteiger charge is -2.13. The van der Waals surface area contributed by atoms with Crippen molar-refractivity contribution >= 4 is 41.2 Å². The molecule has 0 radical (unpaired) electrons. The van der Waals surface area contributed by atoms with Crippen molar-refractivity contribution in [3.05, 3.63) is 54.1 Å². The molecule has 25 heavy (non-hydrogen) atoms. The molecule has 2 aromatic rings. The van der Waals surface area contributed by atoms with Gasteiger partial charge in [0, 0.05) is 11.3 Å². The summed E-state index contributed by atoms with van der Waals surface area (Å²) in [5.41, 5.74) is 1.20. The Bertz CT molecular complexity index is 765. The lowest BCUT2D eigenvalue weighted by molar-refractivity contribution is -0.115. The summed E-state index contributed by atoms with van der Waals surface area (Å²) >= 11 is 1.17. The molecule has 0 aliphatic carbocycles. The minimum Gasteiger partial charge on any atom is -0.506 e. The number of rotatable bonds is 7. The van der Waals surface area contributed by atoms with E-state index in [9.17, 15) is 19.5 Å². The van der Waals surface area contributed by atoms with Gasteiger partial charge < -0.3 is 15.7 Å². The lowest BCUT2D eigenvalue weighted by atomic mass is 10.2. The molecule has 2 aromatic carbocycles. The Hall–Kier alpha value is -2.80. The molecule has 0 aliphatic rings. The number of amides is 2. The van der Waals surface area contributed by atoms with E-state index in [0.29, 0.717) is 17.5 Å². The highest BCUT2D eigenvalue weighted by atomic mass is 32.2. The van der Waals surface area contributed by atoms with Crippen LogP contribution in [0.4, 0.5) is 11.4 Å². The topological polar surface area (TPSA) is 95.5 Å². The third-order valence-corrected chi connectivity index (χ3v) is 4.45. The first-order valence-electron chi connectivity index (χ1n) is 7.55. The van der Waals surface area contributed by atoms with E-state index in [4.69, 9.17) is 0 Å². The van der Waals surface area contributed by atoms with Crippen LogP contribution in [0.5, 0.6) is 5.75 Å². The van der Waals surface area contributed by atoms with Gasteiger partial charge in [0.15, 0.2) is 0 Å². The molecule has 0 spiro atoms. The van der Waals surface area contributed by atoms with Crippen molar-refractivity contribution < 1.29 is 19.5 Å². The molecule has 7 heteroatoms. The molecule has 2 amide bonds. The van der Waals surface area contributed by atoms with Gasteiger partial charge in [0.05, 0.1) is 16.7 Å². The van der Waals surface area contributed by atoms with Crippen LogP contribution >= 0.6 is 11.8 Å². The molecule has 130 valence electrons. The molecule has 3 N–H and O–H groups in total. The molecule has 2 rings (SSSR count). The summed E-state index contributed by atoms with van der Waals surface area (Å²) in [7, 11) is 0. The van der Waals surface area contributed by atoms with Gasteiger partial charge in [-0.2, -0.15) is 0 Å². The molecule has 0 bridgehead atoms. The van der Waals surface area contributed by atoms with E-state index >= 15 is 0 Å². The quantitative estimate of drug-likeness (QED) is 0.522. The Morgan fingerprint density at radius 2 is 1.88 bits per heavy atom. The normalized spacial score (nSPS) is 11.4. The van der Waals surface area contributed by atoms with Crippen molar-refractivity contribution in [2.24, 2.45) is 0 Å². The maximum absolute atomic E-state index is 12.2. The van der Waals surface area contributed by atoms with Gasteiger partial charge in [-0.15, -0.1) is 11.8 Å². The van der Waals surface area contributed by atoms with Crippen molar-refractivity contribution in [1.29, 1.82) is 0 Å². The molecule has 0 saturated heterocycles. The highest BCUT2D eigenvalue weighted by molar-refractivity contribution is 8.01. The van der Waals surface area contributed by atoms with Crippen molar-refractivity contribution in [1.82, 2.24) is 0 Å². The van der Waals surface area contributed by atoms with Gasteiger partial charge in [0.2, 0.25) is 11.8 Å². The predicted octanol–water partition coefficient (Wildman–Crippen LogP) is 2.90. The number of hydrogen-bond donors (Lipinski definition) is 3. The molecule has 0 heterocycles. The molecule has 0 fully saturated rings. The van der Waals surface area contributed by atoms with Crippen LogP contribution < -0.4 is 10.6 Å². The van der Waals surface area contributed by atoms with E-state index in [1.165, 1.54) is 30.0 Å². The third-order valence-electron chi connectivity index (χ3n) is 3.31. The summed E-state index contributed by atoms with van der Waals surface area (Å²) in [5, 5.41) is 14.5. The minimum absolute atomic E-state index is 0.115. The highest BCUT2D eigenvalue weighted by Crippen LogP contribution is 2.25. The molecular formula is C18H18N2O4S. The largest absolute Gasteiger partial charge is 0.506 e. The van der Waals surface area contributed by atoms with Gasteiger partial charge in [-0.25, -0.2) is 0 Å². The first-order valence-corrected chi connectivity index (χ1v) is 8.60. The minimum atomic E-state index is -0.513. The monoisotopic (exact) mass is 358 g/mol. The summed E-state index contributed by atoms with van der Waals surface area (Å²) in [6, 6.07) is 13.2. The van der Waals surface area contributed by atoms with Crippen LogP contribution in [0.3, 0.4) is 0 Å². The summed E-state index contributed by atoms with van der Waals surface area (Å²) < 4.78 is 0. The van der Waals surface area contributed by atoms with Crippen LogP contribution in [0.25, 0.3) is 0 Å². The number of benzene rings is 2. The SMILES string of the molecule is CC(SCC(=O)Nc1ccccc1)C(=O)Nc1cc(C=O)ccc1O. The number of hydrogen-bond acceptors (Lipinski definition) is 5. The first-order chi connectivity index (χ1) is 12.0. The average Bonchev–Trinajstić information content (AvgIpc) is 2.62. The summed E-state index contributed by atoms with van der Waals surface area (Å²) in [5.74, 6) is -0.584. The number of phenols is 1. The lowest BCUT2D eigenvalue weighted by Crippen LogP contribution is -2.25. The maximum atomic E-state index is 12.2. The zero-order valence-corrected chi connectivity index (χ0v) is 14.4. The number of para-hydroxylation sites is 1. The van der Waals surface area contributed by atoms with Crippen molar-refractivity contribution in [2.75, 3.05) is 16.4 Å². The zero-order valence-electron chi connectivity index (χ0n) is 13.6. The second-order valence-corrected chi connectivity index (χ2v) is 6.58. The number of carbonyl (C=O) groups is 3. The molecule has 0 saturated carbocycles. The molecule has 0 aromatic heterocycles. The maximum Gasteiger partial charge on any atom is 0.237 e. The Kier molecular flexibility index (Phi) is 6.59. The van der Waals surface area contributed by atoms with E-state index in [1.54, 1.807) is 19.1 Å². The average molecular weight is 358 g/mol. The predicted molar refractivity (Wildman–Crippen MR) is 99.1 cm³/mol. The smallest absolute Gasteiger partial charge is 0.237 e. The van der Waals surface area contributed by atoms with Crippen molar-refractivity contribution in [3.8, 4) is 5.75 Å². The zero-order chi connectivity index (χ0) is 18.2. The van der Waals surface area contributed by atoms with Gasteiger partial charge in [0.25, 0.3) is 0 Å². The van der Waals surface area contributed by atoms with Crippen LogP contribution in [0.15, 0.2) is 48.5 Å². The fourth-order valence-corrected chi connectivity index (χ4v) is 2.64. The van der Waals surface area contributed by atoms with Crippen molar-refractivity contribution in [2.45, 2.75) is 12.2 Å². The van der Waals surface area contributed by atoms with Crippen LogP contribution in [-0.4, -0.2) is 34.2 Å². The van der Waals surface area contributed by atoms with Crippen LogP contribution in [0, 0.1) is 0 Å². The van der Waals surface area contributed by atoms with Crippen molar-refractivity contribution in [3.63, 3.8) is 0 Å². The summed E-state index contributed by atoms with van der Waals surface area (Å²) in [6.45, 7) is 1.66. The Balaban J connectivity index is 1.86. The standard InChI is InChI=1S/C18H18N2O4S/c1-12(25-11-17(23)19-14-5-3-2-4-6-14)18(24)20-15-9-13(10-21)7-8-16(15)22/h2-10,12,22H,11H2,1H3,(H,19,23)(H,20,24). The van der Waals surface area contributed by atoms with E-state index in [0.717, 1.165) is 0 Å². The van der Waals surface area contributed by atoms with E-state index < -0.39 is 5.25 Å². The van der Waals surface area contributed by atoms with Gasteiger partial charge in [-0.1, -0.05) is 18.2 Å². The number of thioether (sulfide) groups is 1. The third kappa shape index (κ3) is 5.65. The second kappa shape index (κ2) is 8.89. The number of carbonyl (C=O) groups excluding carboxylic acids is 3. The summed E-state index contributed by atoms with van der Waals surface area (Å²) in [6.07, 6.45) is 0.626. The van der Waals surface area contributed by atoms with Crippen LogP contribution in [0.1, 0.15) is 17.3 Å². The summed E-state index contributed by atoms with van der Waals surface area (Å²) in [4.78, 5) is 34.8. The highest BCUT2D eigenvalue weighted by Gasteiger charge is 2.17. The van der Waals surface area contributed by atoms with Crippen LogP contribution in [0.2, 0.25) is 0 Å². The van der Waals surface area contributed by atoms with E-state index in [-0.39, 0.29) is 29.0 Å².